The number of carbonyl (C=O) groups is 1. The average Bonchev–Trinajstić information content (AvgIpc) is 2.87. The van der Waals surface area contributed by atoms with E-state index in [1.807, 2.05) is 6.92 Å². The first-order valence-corrected chi connectivity index (χ1v) is 7.32. The van der Waals surface area contributed by atoms with E-state index in [9.17, 15) is 4.79 Å². The zero-order valence-corrected chi connectivity index (χ0v) is 12.8. The Morgan fingerprint density at radius 2 is 2.10 bits per heavy atom. The topological polar surface area (TPSA) is 75.1 Å². The Kier molecular flexibility index (Phi) is 4.93. The number of pyridine rings is 1. The average molecular weight is 332 g/mol. The molecule has 2 heterocycles. The third kappa shape index (κ3) is 3.46. The smallest absolute Gasteiger partial charge is 0.355 e. The molecule has 2 rings (SSSR count). The fraction of sp³-hybridized carbons (Fsp3) is 0.250. The van der Waals surface area contributed by atoms with Gasteiger partial charge in [0.25, 0.3) is 0 Å². The van der Waals surface area contributed by atoms with Crippen molar-refractivity contribution >= 4 is 40.5 Å². The van der Waals surface area contributed by atoms with Crippen molar-refractivity contribution in [1.82, 2.24) is 15.3 Å². The summed E-state index contributed by atoms with van der Waals surface area (Å²) in [7, 11) is 0. The first-order valence-electron chi connectivity index (χ1n) is 5.69. The van der Waals surface area contributed by atoms with Crippen LogP contribution in [0.25, 0.3) is 0 Å². The van der Waals surface area contributed by atoms with Crippen LogP contribution in [-0.4, -0.2) is 21.0 Å². The molecule has 0 aliphatic carbocycles. The van der Waals surface area contributed by atoms with Gasteiger partial charge in [0.2, 0.25) is 0 Å². The van der Waals surface area contributed by atoms with E-state index in [-0.39, 0.29) is 11.7 Å². The molecule has 0 saturated carbocycles. The number of carboxylic acid groups (broad SMARTS) is 1. The van der Waals surface area contributed by atoms with E-state index in [0.29, 0.717) is 21.6 Å². The maximum Gasteiger partial charge on any atom is 0.355 e. The molecule has 2 aromatic heterocycles. The Morgan fingerprint density at radius 3 is 2.65 bits per heavy atom. The van der Waals surface area contributed by atoms with Crippen LogP contribution in [-0.2, 0) is 6.54 Å². The van der Waals surface area contributed by atoms with Crippen LogP contribution in [0.3, 0.4) is 0 Å². The molecule has 0 aliphatic heterocycles. The summed E-state index contributed by atoms with van der Waals surface area (Å²) in [4.78, 5) is 18.7. The molecule has 0 amide bonds. The second kappa shape index (κ2) is 6.49. The molecule has 2 aromatic rings. The van der Waals surface area contributed by atoms with E-state index in [0.717, 1.165) is 5.56 Å². The summed E-state index contributed by atoms with van der Waals surface area (Å²) in [6, 6.07) is -0.103. The van der Waals surface area contributed by atoms with Gasteiger partial charge in [0, 0.05) is 29.9 Å². The van der Waals surface area contributed by atoms with Crippen LogP contribution in [0.15, 0.2) is 17.8 Å². The number of aromatic carboxylic acids is 1. The first-order chi connectivity index (χ1) is 9.49. The second-order valence-electron chi connectivity index (χ2n) is 4.06. The van der Waals surface area contributed by atoms with Gasteiger partial charge >= 0.3 is 5.97 Å². The Labute approximate surface area is 129 Å². The number of thiazole rings is 1. The van der Waals surface area contributed by atoms with Crippen LogP contribution in [0.4, 0.5) is 0 Å². The highest BCUT2D eigenvalue weighted by Gasteiger charge is 2.15. The first kappa shape index (κ1) is 15.2. The van der Waals surface area contributed by atoms with Crippen molar-refractivity contribution in [2.75, 3.05) is 0 Å². The van der Waals surface area contributed by atoms with Gasteiger partial charge in [0.05, 0.1) is 16.1 Å². The molecule has 1 atom stereocenters. The lowest BCUT2D eigenvalue weighted by Crippen LogP contribution is -2.18. The lowest BCUT2D eigenvalue weighted by Gasteiger charge is -2.12. The summed E-state index contributed by atoms with van der Waals surface area (Å²) >= 11 is 13.4. The van der Waals surface area contributed by atoms with Gasteiger partial charge in [-0.1, -0.05) is 23.2 Å². The van der Waals surface area contributed by atoms with E-state index >= 15 is 0 Å². The van der Waals surface area contributed by atoms with Crippen LogP contribution < -0.4 is 5.32 Å². The van der Waals surface area contributed by atoms with E-state index in [1.54, 1.807) is 0 Å². The van der Waals surface area contributed by atoms with Crippen LogP contribution in [0.5, 0.6) is 0 Å². The number of carboxylic acids is 1. The maximum absolute atomic E-state index is 10.8. The Balaban J connectivity index is 2.04. The monoisotopic (exact) mass is 331 g/mol. The van der Waals surface area contributed by atoms with Crippen molar-refractivity contribution in [2.45, 2.75) is 19.5 Å². The number of aromatic nitrogens is 2. The molecular weight excluding hydrogens is 321 g/mol. The molecule has 0 bridgehead atoms. The molecule has 5 nitrogen and oxygen atoms in total. The summed E-state index contributed by atoms with van der Waals surface area (Å²) in [6.45, 7) is 2.34. The van der Waals surface area contributed by atoms with Crippen LogP contribution in [0.1, 0.15) is 34.0 Å². The van der Waals surface area contributed by atoms with Crippen molar-refractivity contribution in [1.29, 1.82) is 0 Å². The van der Waals surface area contributed by atoms with E-state index < -0.39 is 5.97 Å². The number of rotatable bonds is 5. The third-order valence-electron chi connectivity index (χ3n) is 2.65. The van der Waals surface area contributed by atoms with Gasteiger partial charge in [-0.2, -0.15) is 0 Å². The molecule has 0 radical (unpaired) electrons. The zero-order valence-electron chi connectivity index (χ0n) is 10.4. The van der Waals surface area contributed by atoms with Crippen molar-refractivity contribution < 1.29 is 9.90 Å². The highest BCUT2D eigenvalue weighted by atomic mass is 35.5. The molecule has 20 heavy (non-hydrogen) atoms. The predicted molar refractivity (Wildman–Crippen MR) is 78.6 cm³/mol. The van der Waals surface area contributed by atoms with Crippen LogP contribution >= 0.6 is 34.5 Å². The second-order valence-corrected chi connectivity index (χ2v) is 5.76. The molecule has 1 unspecified atom stereocenters. The summed E-state index contributed by atoms with van der Waals surface area (Å²) < 4.78 is 0. The molecular formula is C12H11Cl2N3O2S. The lowest BCUT2D eigenvalue weighted by atomic mass is 10.2. The quantitative estimate of drug-likeness (QED) is 0.878. The van der Waals surface area contributed by atoms with Gasteiger partial charge in [-0.15, -0.1) is 11.3 Å². The third-order valence-corrected chi connectivity index (χ3v) is 4.33. The molecule has 0 fully saturated rings. The number of halogens is 2. The molecule has 106 valence electrons. The fourth-order valence-corrected chi connectivity index (χ4v) is 2.86. The summed E-state index contributed by atoms with van der Waals surface area (Å²) in [5, 5.41) is 15.2. The van der Waals surface area contributed by atoms with Crippen molar-refractivity contribution in [3.63, 3.8) is 0 Å². The Bertz CT molecular complexity index is 613. The molecule has 0 saturated heterocycles. The Morgan fingerprint density at radius 1 is 1.45 bits per heavy atom. The predicted octanol–water partition coefficient (Wildman–Crippen LogP) is 3.39. The van der Waals surface area contributed by atoms with Crippen molar-refractivity contribution in [3.05, 3.63) is 44.1 Å². The molecule has 0 spiro atoms. The molecule has 0 aromatic carbocycles. The summed E-state index contributed by atoms with van der Waals surface area (Å²) in [5.74, 6) is -1.03. The minimum atomic E-state index is -1.03. The fourth-order valence-electron chi connectivity index (χ4n) is 1.53. The molecule has 2 N–H and O–H groups in total. The minimum absolute atomic E-state index is 0.0543. The van der Waals surface area contributed by atoms with Crippen molar-refractivity contribution in [3.8, 4) is 0 Å². The van der Waals surface area contributed by atoms with Gasteiger partial charge in [-0.3, -0.25) is 4.98 Å². The van der Waals surface area contributed by atoms with E-state index in [1.165, 1.54) is 29.1 Å². The largest absolute Gasteiger partial charge is 0.476 e. The van der Waals surface area contributed by atoms with Gasteiger partial charge in [0.1, 0.15) is 5.01 Å². The number of hydrogen-bond acceptors (Lipinski definition) is 5. The zero-order chi connectivity index (χ0) is 14.7. The van der Waals surface area contributed by atoms with Crippen LogP contribution in [0.2, 0.25) is 10.0 Å². The van der Waals surface area contributed by atoms with E-state index in [4.69, 9.17) is 28.3 Å². The maximum atomic E-state index is 10.8. The van der Waals surface area contributed by atoms with Gasteiger partial charge < -0.3 is 10.4 Å². The standard InChI is InChI=1S/C12H11Cl2N3O2S/c1-6(11-17-10(5-20-11)12(18)19)16-2-7-8(13)3-15-4-9(7)14/h3-6,16H,2H2,1H3,(H,18,19). The minimum Gasteiger partial charge on any atom is -0.476 e. The SMILES string of the molecule is CC(NCc1c(Cl)cncc1Cl)c1nc(C(=O)O)cs1. The lowest BCUT2D eigenvalue weighted by molar-refractivity contribution is 0.0691. The van der Waals surface area contributed by atoms with Crippen molar-refractivity contribution in [2.24, 2.45) is 0 Å². The highest BCUT2D eigenvalue weighted by Crippen LogP contribution is 2.24. The highest BCUT2D eigenvalue weighted by molar-refractivity contribution is 7.09. The van der Waals surface area contributed by atoms with E-state index in [2.05, 4.69) is 15.3 Å². The summed E-state index contributed by atoms with van der Waals surface area (Å²) in [6.07, 6.45) is 3.06. The van der Waals surface area contributed by atoms with Gasteiger partial charge in [0.15, 0.2) is 5.69 Å². The van der Waals surface area contributed by atoms with Crippen LogP contribution in [0, 0.1) is 0 Å². The van der Waals surface area contributed by atoms with Gasteiger partial charge in [-0.05, 0) is 6.92 Å². The van der Waals surface area contributed by atoms with Gasteiger partial charge in [-0.25, -0.2) is 9.78 Å². The summed E-state index contributed by atoms with van der Waals surface area (Å²) in [5.41, 5.74) is 0.809. The number of nitrogens with one attached hydrogen (secondary N) is 1. The number of hydrogen-bond donors (Lipinski definition) is 2. The Hall–Kier alpha value is -1.21. The normalized spacial score (nSPS) is 12.3. The number of nitrogens with zero attached hydrogens (tertiary/aromatic N) is 2. The molecule has 0 aliphatic rings. The molecule has 8 heteroatoms.